The standard InChI is InChI=1S/C14H19ClN2/c15-11-3-1-10(2-4-11)9-17-13-5-6-14(17)8-12(16)7-13/h1-4,12-14H,5-9,16H2. The molecule has 0 spiro atoms. The quantitative estimate of drug-likeness (QED) is 0.875. The molecule has 1 aromatic rings. The minimum Gasteiger partial charge on any atom is -0.328 e. The summed E-state index contributed by atoms with van der Waals surface area (Å²) in [6, 6.07) is 10.1. The summed E-state index contributed by atoms with van der Waals surface area (Å²) in [7, 11) is 0. The number of hydrogen-bond donors (Lipinski definition) is 1. The fraction of sp³-hybridized carbons (Fsp3) is 0.571. The van der Waals surface area contributed by atoms with Crippen molar-refractivity contribution in [3.63, 3.8) is 0 Å². The van der Waals surface area contributed by atoms with Crippen molar-refractivity contribution >= 4 is 11.6 Å². The van der Waals surface area contributed by atoms with Gasteiger partial charge in [-0.2, -0.15) is 0 Å². The molecule has 2 heterocycles. The lowest BCUT2D eigenvalue weighted by Gasteiger charge is -2.37. The summed E-state index contributed by atoms with van der Waals surface area (Å²) in [5.41, 5.74) is 7.45. The highest BCUT2D eigenvalue weighted by atomic mass is 35.5. The van der Waals surface area contributed by atoms with Crippen LogP contribution in [-0.2, 0) is 6.54 Å². The van der Waals surface area contributed by atoms with Gasteiger partial charge in [-0.15, -0.1) is 0 Å². The number of halogens is 1. The molecule has 2 bridgehead atoms. The van der Waals surface area contributed by atoms with Gasteiger partial charge in [0.1, 0.15) is 0 Å². The average molecular weight is 251 g/mol. The molecule has 0 aromatic heterocycles. The van der Waals surface area contributed by atoms with Gasteiger partial charge in [-0.25, -0.2) is 0 Å². The van der Waals surface area contributed by atoms with Crippen molar-refractivity contribution in [1.82, 2.24) is 4.90 Å². The molecule has 2 unspecified atom stereocenters. The molecular formula is C14H19ClN2. The number of benzene rings is 1. The molecule has 2 nitrogen and oxygen atoms in total. The van der Waals surface area contributed by atoms with E-state index in [9.17, 15) is 0 Å². The summed E-state index contributed by atoms with van der Waals surface area (Å²) in [5.74, 6) is 0. The van der Waals surface area contributed by atoms with Crippen LogP contribution in [0.15, 0.2) is 24.3 Å². The second kappa shape index (κ2) is 4.60. The number of hydrogen-bond acceptors (Lipinski definition) is 2. The molecule has 2 aliphatic heterocycles. The van der Waals surface area contributed by atoms with E-state index in [1.807, 2.05) is 12.1 Å². The van der Waals surface area contributed by atoms with Crippen molar-refractivity contribution in [3.8, 4) is 0 Å². The van der Waals surface area contributed by atoms with Gasteiger partial charge in [-0.3, -0.25) is 4.90 Å². The maximum absolute atomic E-state index is 6.09. The zero-order valence-corrected chi connectivity index (χ0v) is 10.7. The molecule has 2 saturated heterocycles. The van der Waals surface area contributed by atoms with E-state index < -0.39 is 0 Å². The number of piperidine rings is 1. The van der Waals surface area contributed by atoms with Crippen LogP contribution >= 0.6 is 11.6 Å². The highest BCUT2D eigenvalue weighted by molar-refractivity contribution is 6.30. The first-order valence-electron chi connectivity index (χ1n) is 6.48. The molecule has 0 aliphatic carbocycles. The first kappa shape index (κ1) is 11.5. The topological polar surface area (TPSA) is 29.3 Å². The Bertz CT molecular complexity index is 376. The van der Waals surface area contributed by atoms with Gasteiger partial charge in [0.2, 0.25) is 0 Å². The van der Waals surface area contributed by atoms with Gasteiger partial charge >= 0.3 is 0 Å². The smallest absolute Gasteiger partial charge is 0.0406 e. The highest BCUT2D eigenvalue weighted by Crippen LogP contribution is 2.36. The zero-order valence-electron chi connectivity index (χ0n) is 9.98. The molecule has 0 radical (unpaired) electrons. The van der Waals surface area contributed by atoms with Crippen LogP contribution < -0.4 is 5.73 Å². The average Bonchev–Trinajstić information content (AvgIpc) is 2.56. The van der Waals surface area contributed by atoms with Gasteiger partial charge in [0.25, 0.3) is 0 Å². The number of rotatable bonds is 2. The van der Waals surface area contributed by atoms with Crippen LogP contribution in [0.2, 0.25) is 5.02 Å². The summed E-state index contributed by atoms with van der Waals surface area (Å²) < 4.78 is 0. The summed E-state index contributed by atoms with van der Waals surface area (Å²) in [6.07, 6.45) is 4.99. The van der Waals surface area contributed by atoms with E-state index in [2.05, 4.69) is 17.0 Å². The van der Waals surface area contributed by atoms with Gasteiger partial charge in [-0.1, -0.05) is 23.7 Å². The Hall–Kier alpha value is -0.570. The van der Waals surface area contributed by atoms with Crippen molar-refractivity contribution < 1.29 is 0 Å². The van der Waals surface area contributed by atoms with Crippen molar-refractivity contribution in [2.45, 2.75) is 50.4 Å². The Kier molecular flexibility index (Phi) is 3.12. The monoisotopic (exact) mass is 250 g/mol. The summed E-state index contributed by atoms with van der Waals surface area (Å²) in [5, 5.41) is 0.817. The Morgan fingerprint density at radius 2 is 1.71 bits per heavy atom. The third-order valence-corrected chi connectivity index (χ3v) is 4.45. The molecule has 3 heteroatoms. The third-order valence-electron chi connectivity index (χ3n) is 4.20. The number of nitrogens with two attached hydrogens (primary N) is 1. The fourth-order valence-corrected chi connectivity index (χ4v) is 3.50. The fourth-order valence-electron chi connectivity index (χ4n) is 3.38. The van der Waals surface area contributed by atoms with E-state index >= 15 is 0 Å². The second-order valence-electron chi connectivity index (χ2n) is 5.42. The molecule has 2 fully saturated rings. The maximum atomic E-state index is 6.09. The zero-order chi connectivity index (χ0) is 11.8. The lowest BCUT2D eigenvalue weighted by molar-refractivity contribution is 0.120. The molecule has 92 valence electrons. The molecule has 0 saturated carbocycles. The first-order chi connectivity index (χ1) is 8.22. The molecule has 0 amide bonds. The Morgan fingerprint density at radius 1 is 1.12 bits per heavy atom. The molecule has 1 aromatic carbocycles. The third kappa shape index (κ3) is 2.35. The van der Waals surface area contributed by atoms with Crippen LogP contribution in [0.4, 0.5) is 0 Å². The second-order valence-corrected chi connectivity index (χ2v) is 5.85. The van der Waals surface area contributed by atoms with Crippen LogP contribution in [0.1, 0.15) is 31.2 Å². The lowest BCUT2D eigenvalue weighted by atomic mass is 9.97. The summed E-state index contributed by atoms with van der Waals surface area (Å²) >= 11 is 5.91. The van der Waals surface area contributed by atoms with Crippen LogP contribution in [-0.4, -0.2) is 23.0 Å². The molecule has 2 N–H and O–H groups in total. The van der Waals surface area contributed by atoms with Crippen LogP contribution in [0, 0.1) is 0 Å². The molecule has 2 atom stereocenters. The van der Waals surface area contributed by atoms with E-state index in [-0.39, 0.29) is 0 Å². The van der Waals surface area contributed by atoms with Gasteiger partial charge in [0.15, 0.2) is 0 Å². The minimum atomic E-state index is 0.425. The number of nitrogens with zero attached hydrogens (tertiary/aromatic N) is 1. The maximum Gasteiger partial charge on any atom is 0.0406 e. The SMILES string of the molecule is NC1CC2CCC(C1)N2Cc1ccc(Cl)cc1. The summed E-state index contributed by atoms with van der Waals surface area (Å²) in [4.78, 5) is 2.65. The predicted molar refractivity (Wildman–Crippen MR) is 71.0 cm³/mol. The summed E-state index contributed by atoms with van der Waals surface area (Å²) in [6.45, 7) is 1.05. The van der Waals surface area contributed by atoms with Gasteiger partial charge in [0, 0.05) is 29.7 Å². The van der Waals surface area contributed by atoms with E-state index in [4.69, 9.17) is 17.3 Å². The van der Waals surface area contributed by atoms with Crippen LogP contribution in [0.5, 0.6) is 0 Å². The first-order valence-corrected chi connectivity index (χ1v) is 6.86. The Balaban J connectivity index is 1.72. The Morgan fingerprint density at radius 3 is 2.29 bits per heavy atom. The number of fused-ring (bicyclic) bond motifs is 2. The van der Waals surface area contributed by atoms with Crippen LogP contribution in [0.3, 0.4) is 0 Å². The van der Waals surface area contributed by atoms with Gasteiger partial charge in [-0.05, 0) is 43.4 Å². The Labute approximate surface area is 108 Å². The van der Waals surface area contributed by atoms with Crippen molar-refractivity contribution in [1.29, 1.82) is 0 Å². The van der Waals surface area contributed by atoms with E-state index in [1.54, 1.807) is 0 Å². The highest BCUT2D eigenvalue weighted by Gasteiger charge is 2.39. The van der Waals surface area contributed by atoms with Crippen LogP contribution in [0.25, 0.3) is 0 Å². The van der Waals surface area contributed by atoms with E-state index in [0.29, 0.717) is 18.1 Å². The molecule has 17 heavy (non-hydrogen) atoms. The van der Waals surface area contributed by atoms with E-state index in [0.717, 1.165) is 11.6 Å². The lowest BCUT2D eigenvalue weighted by Crippen LogP contribution is -2.46. The predicted octanol–water partition coefficient (Wildman–Crippen LogP) is 2.79. The largest absolute Gasteiger partial charge is 0.328 e. The molecule has 3 rings (SSSR count). The normalized spacial score (nSPS) is 32.9. The van der Waals surface area contributed by atoms with Crippen molar-refractivity contribution in [3.05, 3.63) is 34.9 Å². The van der Waals surface area contributed by atoms with Gasteiger partial charge in [0.05, 0.1) is 0 Å². The van der Waals surface area contributed by atoms with Crippen molar-refractivity contribution in [2.24, 2.45) is 5.73 Å². The minimum absolute atomic E-state index is 0.425. The van der Waals surface area contributed by atoms with Gasteiger partial charge < -0.3 is 5.73 Å². The van der Waals surface area contributed by atoms with E-state index in [1.165, 1.54) is 31.2 Å². The molecular weight excluding hydrogens is 232 g/mol. The van der Waals surface area contributed by atoms with Crippen molar-refractivity contribution in [2.75, 3.05) is 0 Å². The molecule has 2 aliphatic rings.